The first-order valence-corrected chi connectivity index (χ1v) is 6.71. The van der Waals surface area contributed by atoms with Gasteiger partial charge in [-0.1, -0.05) is 6.08 Å². The van der Waals surface area contributed by atoms with Gasteiger partial charge in [-0.25, -0.2) is 9.59 Å². The van der Waals surface area contributed by atoms with Crippen LogP contribution < -0.4 is 5.32 Å². The zero-order valence-electron chi connectivity index (χ0n) is 11.3. The molecule has 1 N–H and O–H groups in total. The molecule has 0 radical (unpaired) electrons. The van der Waals surface area contributed by atoms with Crippen molar-refractivity contribution in [3.63, 3.8) is 0 Å². The normalized spacial score (nSPS) is 12.4. The molecule has 1 unspecified atom stereocenters. The Balaban J connectivity index is 4.35. The van der Waals surface area contributed by atoms with Crippen LogP contribution in [0.5, 0.6) is 0 Å². The highest BCUT2D eigenvalue weighted by atomic mass is 32.2. The van der Waals surface area contributed by atoms with Gasteiger partial charge in [-0.3, -0.25) is 0 Å². The van der Waals surface area contributed by atoms with Crippen molar-refractivity contribution in [3.05, 3.63) is 12.7 Å². The van der Waals surface area contributed by atoms with Gasteiger partial charge < -0.3 is 14.8 Å². The maximum atomic E-state index is 11.6. The molecule has 1 atom stereocenters. The smallest absolute Gasteiger partial charge is 0.408 e. The first kappa shape index (κ1) is 16.8. The van der Waals surface area contributed by atoms with E-state index in [4.69, 9.17) is 4.74 Å². The van der Waals surface area contributed by atoms with Crippen LogP contribution in [-0.4, -0.2) is 42.3 Å². The van der Waals surface area contributed by atoms with E-state index in [-0.39, 0.29) is 0 Å². The summed E-state index contributed by atoms with van der Waals surface area (Å²) in [6.07, 6.45) is 1.10. The third-order valence-electron chi connectivity index (χ3n) is 1.70. The second-order valence-corrected chi connectivity index (χ2v) is 5.62. The lowest BCUT2D eigenvalue weighted by Crippen LogP contribution is -2.45. The van der Waals surface area contributed by atoms with Gasteiger partial charge in [0, 0.05) is 11.5 Å². The maximum Gasteiger partial charge on any atom is 0.408 e. The van der Waals surface area contributed by atoms with Gasteiger partial charge in [0.15, 0.2) is 0 Å². The highest BCUT2D eigenvalue weighted by Gasteiger charge is 2.24. The Morgan fingerprint density at radius 3 is 2.50 bits per heavy atom. The Morgan fingerprint density at radius 2 is 2.06 bits per heavy atom. The van der Waals surface area contributed by atoms with Crippen LogP contribution in [-0.2, 0) is 14.3 Å². The van der Waals surface area contributed by atoms with Crippen LogP contribution in [0.1, 0.15) is 20.8 Å². The monoisotopic (exact) mass is 275 g/mol. The Bertz CT molecular complexity index is 299. The quantitative estimate of drug-likeness (QED) is 0.456. The molecule has 0 rings (SSSR count). The second kappa shape index (κ2) is 8.02. The number of nitrogens with one attached hydrogen (secondary N) is 1. The van der Waals surface area contributed by atoms with Crippen molar-refractivity contribution in [2.75, 3.05) is 18.6 Å². The van der Waals surface area contributed by atoms with Crippen molar-refractivity contribution in [2.45, 2.75) is 32.4 Å². The van der Waals surface area contributed by atoms with Crippen molar-refractivity contribution in [1.29, 1.82) is 0 Å². The molecule has 0 aliphatic heterocycles. The van der Waals surface area contributed by atoms with Crippen LogP contribution in [0.4, 0.5) is 4.79 Å². The molecular weight excluding hydrogens is 254 g/mol. The number of thioether (sulfide) groups is 1. The molecule has 0 heterocycles. The van der Waals surface area contributed by atoms with Crippen LogP contribution in [0.2, 0.25) is 0 Å². The van der Waals surface area contributed by atoms with Gasteiger partial charge in [-0.05, 0) is 20.8 Å². The van der Waals surface area contributed by atoms with E-state index in [1.165, 1.54) is 18.9 Å². The fourth-order valence-corrected chi connectivity index (χ4v) is 1.79. The molecule has 18 heavy (non-hydrogen) atoms. The van der Waals surface area contributed by atoms with E-state index >= 15 is 0 Å². The number of ether oxygens (including phenoxy) is 2. The summed E-state index contributed by atoms with van der Waals surface area (Å²) in [5, 5.41) is 2.49. The van der Waals surface area contributed by atoms with Crippen molar-refractivity contribution in [3.8, 4) is 0 Å². The molecular formula is C12H21NO4S. The molecule has 104 valence electrons. The lowest BCUT2D eigenvalue weighted by molar-refractivity contribution is -0.142. The molecule has 0 fully saturated rings. The highest BCUT2D eigenvalue weighted by molar-refractivity contribution is 7.99. The van der Waals surface area contributed by atoms with Crippen molar-refractivity contribution in [2.24, 2.45) is 0 Å². The molecule has 0 bridgehead atoms. The summed E-state index contributed by atoms with van der Waals surface area (Å²) in [5.74, 6) is 0.624. The van der Waals surface area contributed by atoms with E-state index in [2.05, 4.69) is 16.6 Å². The average Bonchev–Trinajstić information content (AvgIpc) is 2.24. The second-order valence-electron chi connectivity index (χ2n) is 4.55. The summed E-state index contributed by atoms with van der Waals surface area (Å²) in [6.45, 7) is 8.85. The van der Waals surface area contributed by atoms with E-state index in [0.29, 0.717) is 11.5 Å². The number of carbonyl (C=O) groups is 2. The standard InChI is InChI=1S/C12H21NO4S/c1-6-7-18-8-9(10(14)16-5)13-11(15)17-12(2,3)4/h6,9H,1,7-8H2,2-5H3,(H,13,15). The summed E-state index contributed by atoms with van der Waals surface area (Å²) in [5.41, 5.74) is -0.598. The molecule has 0 aromatic carbocycles. The number of methoxy groups -OCH3 is 1. The van der Waals surface area contributed by atoms with Gasteiger partial charge in [0.25, 0.3) is 0 Å². The summed E-state index contributed by atoms with van der Waals surface area (Å²) in [6, 6.07) is -0.713. The number of rotatable bonds is 6. The third kappa shape index (κ3) is 8.00. The minimum atomic E-state index is -0.713. The number of amides is 1. The largest absolute Gasteiger partial charge is 0.467 e. The molecule has 0 spiro atoms. The zero-order valence-corrected chi connectivity index (χ0v) is 12.1. The van der Waals surface area contributed by atoms with Gasteiger partial charge in [0.2, 0.25) is 0 Å². The van der Waals surface area contributed by atoms with E-state index in [9.17, 15) is 9.59 Å². The molecule has 0 aromatic heterocycles. The first-order chi connectivity index (χ1) is 8.30. The number of hydrogen-bond acceptors (Lipinski definition) is 5. The van der Waals surface area contributed by atoms with E-state index in [1.54, 1.807) is 26.8 Å². The zero-order chi connectivity index (χ0) is 14.2. The maximum absolute atomic E-state index is 11.6. The van der Waals surface area contributed by atoms with E-state index in [0.717, 1.165) is 0 Å². The number of esters is 1. The topological polar surface area (TPSA) is 64.6 Å². The predicted molar refractivity (Wildman–Crippen MR) is 72.7 cm³/mol. The molecule has 0 aromatic rings. The molecule has 0 aliphatic rings. The lowest BCUT2D eigenvalue weighted by atomic mass is 10.2. The van der Waals surface area contributed by atoms with Crippen LogP contribution in [0, 0.1) is 0 Å². The van der Waals surface area contributed by atoms with Crippen LogP contribution in [0.15, 0.2) is 12.7 Å². The van der Waals surface area contributed by atoms with Gasteiger partial charge in [-0.15, -0.1) is 6.58 Å². The lowest BCUT2D eigenvalue weighted by Gasteiger charge is -2.22. The van der Waals surface area contributed by atoms with Gasteiger partial charge in [0.1, 0.15) is 11.6 Å². The van der Waals surface area contributed by atoms with Gasteiger partial charge >= 0.3 is 12.1 Å². The Kier molecular flexibility index (Phi) is 7.50. The Labute approximate surface area is 112 Å². The summed E-state index contributed by atoms with van der Waals surface area (Å²) in [7, 11) is 1.28. The summed E-state index contributed by atoms with van der Waals surface area (Å²) < 4.78 is 9.71. The van der Waals surface area contributed by atoms with Crippen molar-refractivity contribution >= 4 is 23.8 Å². The minimum absolute atomic E-state index is 0.415. The van der Waals surface area contributed by atoms with E-state index < -0.39 is 23.7 Å². The summed E-state index contributed by atoms with van der Waals surface area (Å²) in [4.78, 5) is 23.0. The van der Waals surface area contributed by atoms with Crippen LogP contribution in [0.3, 0.4) is 0 Å². The number of alkyl carbamates (subject to hydrolysis) is 1. The molecule has 5 nitrogen and oxygen atoms in total. The number of carbonyl (C=O) groups excluding carboxylic acids is 2. The van der Waals surface area contributed by atoms with Gasteiger partial charge in [0.05, 0.1) is 7.11 Å². The van der Waals surface area contributed by atoms with Crippen molar-refractivity contribution in [1.82, 2.24) is 5.32 Å². The third-order valence-corrected chi connectivity index (χ3v) is 2.74. The summed E-state index contributed by atoms with van der Waals surface area (Å²) >= 11 is 1.48. The predicted octanol–water partition coefficient (Wildman–Crippen LogP) is 1.97. The van der Waals surface area contributed by atoms with Crippen LogP contribution >= 0.6 is 11.8 Å². The molecule has 1 amide bonds. The molecule has 0 saturated heterocycles. The fraction of sp³-hybridized carbons (Fsp3) is 0.667. The van der Waals surface area contributed by atoms with E-state index in [1.807, 2.05) is 0 Å². The van der Waals surface area contributed by atoms with Crippen molar-refractivity contribution < 1.29 is 19.1 Å². The molecule has 0 aliphatic carbocycles. The Morgan fingerprint density at radius 1 is 1.44 bits per heavy atom. The number of hydrogen-bond donors (Lipinski definition) is 1. The average molecular weight is 275 g/mol. The minimum Gasteiger partial charge on any atom is -0.467 e. The Hall–Kier alpha value is -1.17. The van der Waals surface area contributed by atoms with Crippen LogP contribution in [0.25, 0.3) is 0 Å². The first-order valence-electron chi connectivity index (χ1n) is 5.56. The SMILES string of the molecule is C=CCSCC(NC(=O)OC(C)(C)C)C(=O)OC. The molecule has 6 heteroatoms. The molecule has 0 saturated carbocycles. The highest BCUT2D eigenvalue weighted by Crippen LogP contribution is 2.09. The fourth-order valence-electron chi connectivity index (χ4n) is 1.03. The van der Waals surface area contributed by atoms with Gasteiger partial charge in [-0.2, -0.15) is 11.8 Å².